The Bertz CT molecular complexity index is 442. The van der Waals surface area contributed by atoms with E-state index in [1.807, 2.05) is 0 Å². The van der Waals surface area contributed by atoms with Gasteiger partial charge in [0, 0.05) is 43.5 Å². The second kappa shape index (κ2) is 6.55. The van der Waals surface area contributed by atoms with Crippen LogP contribution >= 0.6 is 0 Å². The summed E-state index contributed by atoms with van der Waals surface area (Å²) in [6.07, 6.45) is 0.517. The molecule has 2 unspecified atom stereocenters. The van der Waals surface area contributed by atoms with E-state index in [9.17, 15) is 9.50 Å². The fourth-order valence-corrected chi connectivity index (χ4v) is 2.81. The number of aliphatic hydroxyl groups is 1. The number of nitrogens with zero attached hydrogens (tertiary/aromatic N) is 2. The average molecular weight is 280 g/mol. The molecule has 20 heavy (non-hydrogen) atoms. The first kappa shape index (κ1) is 15.3. The fourth-order valence-electron chi connectivity index (χ4n) is 2.81. The number of anilines is 1. The summed E-state index contributed by atoms with van der Waals surface area (Å²) >= 11 is 0. The molecule has 0 radical (unpaired) electrons. The first-order chi connectivity index (χ1) is 9.52. The maximum absolute atomic E-state index is 13.4. The Morgan fingerprint density at radius 1 is 1.20 bits per heavy atom. The summed E-state index contributed by atoms with van der Waals surface area (Å²) in [6, 6.07) is 5.32. The van der Waals surface area contributed by atoms with Crippen LogP contribution in [-0.4, -0.2) is 42.2 Å². The number of halogens is 1. The van der Waals surface area contributed by atoms with Gasteiger partial charge in [0.05, 0.1) is 6.10 Å². The number of benzene rings is 1. The summed E-state index contributed by atoms with van der Waals surface area (Å²) in [4.78, 5) is 4.74. The molecule has 1 aromatic carbocycles. The van der Waals surface area contributed by atoms with Crippen molar-refractivity contribution in [3.63, 3.8) is 0 Å². The zero-order valence-corrected chi connectivity index (χ0v) is 12.6. The fraction of sp³-hybridized carbons (Fsp3) is 0.625. The third-order valence-electron chi connectivity index (χ3n) is 4.31. The van der Waals surface area contributed by atoms with Crippen molar-refractivity contribution in [2.45, 2.75) is 39.3 Å². The lowest BCUT2D eigenvalue weighted by Gasteiger charge is -2.39. The van der Waals surface area contributed by atoms with Gasteiger partial charge < -0.3 is 10.0 Å². The van der Waals surface area contributed by atoms with Gasteiger partial charge in [-0.3, -0.25) is 4.90 Å². The number of hydrogen-bond donors (Lipinski definition) is 1. The standard InChI is InChI=1S/C16H25FN2O/c1-4-12(2)18-7-9-19(10-8-18)16-6-5-14(17)11-15(16)13(3)20/h5-6,11-13,20H,4,7-10H2,1-3H3. The van der Waals surface area contributed by atoms with Gasteiger partial charge in [0.1, 0.15) is 5.82 Å². The van der Waals surface area contributed by atoms with E-state index in [-0.39, 0.29) is 5.82 Å². The predicted molar refractivity (Wildman–Crippen MR) is 80.6 cm³/mol. The number of aliphatic hydroxyl groups excluding tert-OH is 1. The smallest absolute Gasteiger partial charge is 0.123 e. The van der Waals surface area contributed by atoms with E-state index in [0.29, 0.717) is 11.6 Å². The molecule has 1 heterocycles. The molecule has 0 amide bonds. The minimum Gasteiger partial charge on any atom is -0.389 e. The Labute approximate surface area is 121 Å². The van der Waals surface area contributed by atoms with Crippen LogP contribution in [0.15, 0.2) is 18.2 Å². The molecule has 1 aliphatic heterocycles. The highest BCUT2D eigenvalue weighted by Crippen LogP contribution is 2.28. The van der Waals surface area contributed by atoms with Crippen LogP contribution in [-0.2, 0) is 0 Å². The maximum Gasteiger partial charge on any atom is 0.123 e. The van der Waals surface area contributed by atoms with Crippen molar-refractivity contribution in [2.75, 3.05) is 31.1 Å². The summed E-state index contributed by atoms with van der Waals surface area (Å²) in [5, 5.41) is 9.83. The van der Waals surface area contributed by atoms with Crippen LogP contribution in [0, 0.1) is 5.82 Å². The minimum absolute atomic E-state index is 0.289. The molecule has 0 aromatic heterocycles. The average Bonchev–Trinajstić information content (AvgIpc) is 2.46. The van der Waals surface area contributed by atoms with Gasteiger partial charge in [-0.15, -0.1) is 0 Å². The molecule has 2 rings (SSSR count). The molecule has 1 N–H and O–H groups in total. The van der Waals surface area contributed by atoms with E-state index in [0.717, 1.165) is 38.3 Å². The number of hydrogen-bond acceptors (Lipinski definition) is 3. The molecule has 112 valence electrons. The molecule has 1 fully saturated rings. The third-order valence-corrected chi connectivity index (χ3v) is 4.31. The van der Waals surface area contributed by atoms with Crippen LogP contribution < -0.4 is 4.90 Å². The minimum atomic E-state index is -0.645. The van der Waals surface area contributed by atoms with E-state index in [2.05, 4.69) is 23.6 Å². The summed E-state index contributed by atoms with van der Waals surface area (Å²) in [7, 11) is 0. The van der Waals surface area contributed by atoms with Crippen molar-refractivity contribution >= 4 is 5.69 Å². The van der Waals surface area contributed by atoms with E-state index in [1.54, 1.807) is 13.0 Å². The van der Waals surface area contributed by atoms with Gasteiger partial charge in [-0.25, -0.2) is 4.39 Å². The molecular formula is C16H25FN2O. The summed E-state index contributed by atoms with van der Waals surface area (Å²) in [6.45, 7) is 10.0. The van der Waals surface area contributed by atoms with Crippen molar-refractivity contribution < 1.29 is 9.50 Å². The molecule has 0 bridgehead atoms. The molecule has 1 aliphatic rings. The predicted octanol–water partition coefficient (Wildman–Crippen LogP) is 2.80. The lowest BCUT2D eigenvalue weighted by atomic mass is 10.1. The normalized spacial score (nSPS) is 19.9. The van der Waals surface area contributed by atoms with Crippen molar-refractivity contribution in [3.05, 3.63) is 29.6 Å². The van der Waals surface area contributed by atoms with E-state index in [4.69, 9.17) is 0 Å². The van der Waals surface area contributed by atoms with E-state index < -0.39 is 6.10 Å². The Balaban J connectivity index is 2.11. The van der Waals surface area contributed by atoms with E-state index in [1.165, 1.54) is 12.1 Å². The molecule has 0 saturated carbocycles. The summed E-state index contributed by atoms with van der Waals surface area (Å²) in [5.41, 5.74) is 1.65. The second-order valence-corrected chi connectivity index (χ2v) is 5.66. The highest BCUT2D eigenvalue weighted by atomic mass is 19.1. The number of piperazine rings is 1. The lowest BCUT2D eigenvalue weighted by molar-refractivity contribution is 0.188. The quantitative estimate of drug-likeness (QED) is 0.918. The van der Waals surface area contributed by atoms with Gasteiger partial charge in [-0.1, -0.05) is 6.92 Å². The molecular weight excluding hydrogens is 255 g/mol. The highest BCUT2D eigenvalue weighted by Gasteiger charge is 2.22. The van der Waals surface area contributed by atoms with Crippen LogP contribution in [0.2, 0.25) is 0 Å². The summed E-state index contributed by atoms with van der Waals surface area (Å²) < 4.78 is 13.4. The Kier molecular flexibility index (Phi) is 5.00. The topological polar surface area (TPSA) is 26.7 Å². The maximum atomic E-state index is 13.4. The zero-order valence-electron chi connectivity index (χ0n) is 12.6. The van der Waals surface area contributed by atoms with Crippen molar-refractivity contribution in [3.8, 4) is 0 Å². The SMILES string of the molecule is CCC(C)N1CCN(c2ccc(F)cc2C(C)O)CC1. The Morgan fingerprint density at radius 2 is 1.85 bits per heavy atom. The van der Waals surface area contributed by atoms with Gasteiger partial charge in [-0.2, -0.15) is 0 Å². The van der Waals surface area contributed by atoms with Crippen molar-refractivity contribution in [2.24, 2.45) is 0 Å². The van der Waals surface area contributed by atoms with Gasteiger partial charge in [0.15, 0.2) is 0 Å². The molecule has 0 spiro atoms. The first-order valence-electron chi connectivity index (χ1n) is 7.49. The lowest BCUT2D eigenvalue weighted by Crippen LogP contribution is -2.49. The van der Waals surface area contributed by atoms with Gasteiger partial charge >= 0.3 is 0 Å². The molecule has 2 atom stereocenters. The molecule has 1 aromatic rings. The Morgan fingerprint density at radius 3 is 2.40 bits per heavy atom. The van der Waals surface area contributed by atoms with Gasteiger partial charge in [0.2, 0.25) is 0 Å². The summed E-state index contributed by atoms with van der Waals surface area (Å²) in [5.74, 6) is -0.289. The molecule has 4 heteroatoms. The van der Waals surface area contributed by atoms with Crippen molar-refractivity contribution in [1.82, 2.24) is 4.90 Å². The van der Waals surface area contributed by atoms with E-state index >= 15 is 0 Å². The van der Waals surface area contributed by atoms with Crippen molar-refractivity contribution in [1.29, 1.82) is 0 Å². The molecule has 1 saturated heterocycles. The largest absolute Gasteiger partial charge is 0.389 e. The van der Waals surface area contributed by atoms with Crippen LogP contribution in [0.3, 0.4) is 0 Å². The molecule has 0 aliphatic carbocycles. The first-order valence-corrected chi connectivity index (χ1v) is 7.49. The number of rotatable bonds is 4. The van der Waals surface area contributed by atoms with Crippen LogP contribution in [0.5, 0.6) is 0 Å². The van der Waals surface area contributed by atoms with Gasteiger partial charge in [0.25, 0.3) is 0 Å². The monoisotopic (exact) mass is 280 g/mol. The Hall–Kier alpha value is -1.13. The highest BCUT2D eigenvalue weighted by molar-refractivity contribution is 5.55. The van der Waals surface area contributed by atoms with Crippen LogP contribution in [0.4, 0.5) is 10.1 Å². The third kappa shape index (κ3) is 3.30. The van der Waals surface area contributed by atoms with Gasteiger partial charge in [-0.05, 0) is 38.5 Å². The van der Waals surface area contributed by atoms with Crippen LogP contribution in [0.25, 0.3) is 0 Å². The zero-order chi connectivity index (χ0) is 14.7. The molecule has 3 nitrogen and oxygen atoms in total. The van der Waals surface area contributed by atoms with Crippen LogP contribution in [0.1, 0.15) is 38.9 Å². The second-order valence-electron chi connectivity index (χ2n) is 5.66.